The highest BCUT2D eigenvalue weighted by Crippen LogP contribution is 1.93. The molecule has 0 saturated carbocycles. The van der Waals surface area contributed by atoms with Gasteiger partial charge in [-0.3, -0.25) is 5.43 Å². The molecule has 0 spiro atoms. The molecule has 0 bridgehead atoms. The molecule has 6 nitrogen and oxygen atoms in total. The number of carbonyl (C=O) groups excluding carboxylic acids is 1. The molecule has 0 aliphatic carbocycles. The molecule has 0 unspecified atom stereocenters. The van der Waals surface area contributed by atoms with Crippen molar-refractivity contribution in [2.75, 3.05) is 40.5 Å². The molecule has 84 valence electrons. The summed E-state index contributed by atoms with van der Waals surface area (Å²) in [5.41, 5.74) is 2.09. The summed E-state index contributed by atoms with van der Waals surface area (Å²) in [6.45, 7) is 2.27. The Hall–Kier alpha value is -0.850. The number of hydrazine groups is 1. The Balaban J connectivity index is 3.78. The van der Waals surface area contributed by atoms with Gasteiger partial charge in [0.2, 0.25) is 0 Å². The Morgan fingerprint density at radius 1 is 1.29 bits per heavy atom. The van der Waals surface area contributed by atoms with E-state index in [9.17, 15) is 4.79 Å². The van der Waals surface area contributed by atoms with E-state index in [1.54, 1.807) is 19.1 Å². The van der Waals surface area contributed by atoms with Crippen LogP contribution in [0.3, 0.4) is 0 Å². The van der Waals surface area contributed by atoms with Gasteiger partial charge in [-0.2, -0.15) is 0 Å². The van der Waals surface area contributed by atoms with Crippen LogP contribution in [0.4, 0.5) is 4.79 Å². The minimum atomic E-state index is -0.293. The minimum Gasteiger partial charge on any atom is -0.385 e. The van der Waals surface area contributed by atoms with Crippen LogP contribution >= 0.6 is 0 Å². The second-order valence-electron chi connectivity index (χ2n) is 2.78. The molecule has 0 heterocycles. The van der Waals surface area contributed by atoms with E-state index in [-0.39, 0.29) is 6.03 Å². The first-order valence-electron chi connectivity index (χ1n) is 4.49. The standard InChI is InChI=1S/C8H19N3O3/c1-13-6-3-4-11(5-7-14-2)8(12)10-9/h3-7,9H2,1-2H3,(H,10,12). The van der Waals surface area contributed by atoms with E-state index in [0.717, 1.165) is 6.42 Å². The maximum absolute atomic E-state index is 11.2. The SMILES string of the molecule is COCCCN(CCOC)C(=O)NN. The zero-order valence-electron chi connectivity index (χ0n) is 8.78. The average Bonchev–Trinajstić information content (AvgIpc) is 2.22. The smallest absolute Gasteiger partial charge is 0.331 e. The summed E-state index contributed by atoms with van der Waals surface area (Å²) in [4.78, 5) is 12.8. The summed E-state index contributed by atoms with van der Waals surface area (Å²) >= 11 is 0. The van der Waals surface area contributed by atoms with Gasteiger partial charge in [-0.1, -0.05) is 0 Å². The van der Waals surface area contributed by atoms with E-state index in [0.29, 0.717) is 26.3 Å². The van der Waals surface area contributed by atoms with Crippen molar-refractivity contribution in [3.8, 4) is 0 Å². The van der Waals surface area contributed by atoms with Gasteiger partial charge in [0.15, 0.2) is 0 Å². The first-order valence-corrected chi connectivity index (χ1v) is 4.49. The van der Waals surface area contributed by atoms with Crippen LogP contribution in [0.5, 0.6) is 0 Å². The van der Waals surface area contributed by atoms with E-state index in [4.69, 9.17) is 15.3 Å². The average molecular weight is 205 g/mol. The second kappa shape index (κ2) is 8.74. The van der Waals surface area contributed by atoms with Crippen molar-refractivity contribution in [3.05, 3.63) is 0 Å². The molecule has 0 aliphatic rings. The Bertz CT molecular complexity index is 155. The number of amides is 2. The lowest BCUT2D eigenvalue weighted by molar-refractivity contribution is 0.137. The molecule has 0 aromatic rings. The molecule has 0 fully saturated rings. The number of nitrogens with two attached hydrogens (primary N) is 1. The normalized spacial score (nSPS) is 9.93. The number of hydrogen-bond acceptors (Lipinski definition) is 4. The predicted molar refractivity (Wildman–Crippen MR) is 52.7 cm³/mol. The molecule has 3 N–H and O–H groups in total. The van der Waals surface area contributed by atoms with Crippen LogP contribution in [0.2, 0.25) is 0 Å². The number of carbonyl (C=O) groups is 1. The molecule has 0 saturated heterocycles. The van der Waals surface area contributed by atoms with E-state index in [1.165, 1.54) is 0 Å². The Morgan fingerprint density at radius 3 is 2.43 bits per heavy atom. The minimum absolute atomic E-state index is 0.293. The van der Waals surface area contributed by atoms with Crippen LogP contribution in [0, 0.1) is 0 Å². The van der Waals surface area contributed by atoms with E-state index < -0.39 is 0 Å². The number of rotatable bonds is 7. The number of ether oxygens (including phenoxy) is 2. The van der Waals surface area contributed by atoms with Gasteiger partial charge in [0, 0.05) is 33.9 Å². The van der Waals surface area contributed by atoms with E-state index >= 15 is 0 Å². The van der Waals surface area contributed by atoms with Gasteiger partial charge in [0.1, 0.15) is 0 Å². The monoisotopic (exact) mass is 205 g/mol. The molecule has 0 aliphatic heterocycles. The zero-order chi connectivity index (χ0) is 10.8. The van der Waals surface area contributed by atoms with Gasteiger partial charge in [-0.05, 0) is 6.42 Å². The molecular weight excluding hydrogens is 186 g/mol. The number of hydrogen-bond donors (Lipinski definition) is 2. The third-order valence-corrected chi connectivity index (χ3v) is 1.75. The fraction of sp³-hybridized carbons (Fsp3) is 0.875. The quantitative estimate of drug-likeness (QED) is 0.255. The van der Waals surface area contributed by atoms with Gasteiger partial charge >= 0.3 is 6.03 Å². The topological polar surface area (TPSA) is 76.8 Å². The van der Waals surface area contributed by atoms with Gasteiger partial charge in [0.25, 0.3) is 0 Å². The second-order valence-corrected chi connectivity index (χ2v) is 2.78. The van der Waals surface area contributed by atoms with E-state index in [1.807, 2.05) is 0 Å². The maximum Gasteiger partial charge on any atom is 0.331 e. The number of nitrogens with one attached hydrogen (secondary N) is 1. The van der Waals surface area contributed by atoms with Crippen molar-refractivity contribution in [1.29, 1.82) is 0 Å². The number of methoxy groups -OCH3 is 2. The third kappa shape index (κ3) is 5.74. The van der Waals surface area contributed by atoms with Gasteiger partial charge in [-0.15, -0.1) is 0 Å². The number of urea groups is 1. The van der Waals surface area contributed by atoms with Crippen molar-refractivity contribution >= 4 is 6.03 Å². The molecule has 0 atom stereocenters. The summed E-state index contributed by atoms with van der Waals surface area (Å²) in [5, 5.41) is 0. The Kier molecular flexibility index (Phi) is 8.20. The van der Waals surface area contributed by atoms with Gasteiger partial charge < -0.3 is 14.4 Å². The highest BCUT2D eigenvalue weighted by atomic mass is 16.5. The lowest BCUT2D eigenvalue weighted by atomic mass is 10.4. The van der Waals surface area contributed by atoms with Crippen molar-refractivity contribution in [2.24, 2.45) is 5.84 Å². The van der Waals surface area contributed by atoms with E-state index in [2.05, 4.69) is 5.43 Å². The Morgan fingerprint density at radius 2 is 1.93 bits per heavy atom. The zero-order valence-corrected chi connectivity index (χ0v) is 8.78. The van der Waals surface area contributed by atoms with Gasteiger partial charge in [-0.25, -0.2) is 10.6 Å². The number of nitrogens with zero attached hydrogens (tertiary/aromatic N) is 1. The first kappa shape index (κ1) is 13.2. The molecule has 6 heteroatoms. The van der Waals surface area contributed by atoms with Crippen LogP contribution in [-0.4, -0.2) is 51.5 Å². The van der Waals surface area contributed by atoms with Crippen molar-refractivity contribution in [2.45, 2.75) is 6.42 Å². The molecule has 0 aromatic heterocycles. The van der Waals surface area contributed by atoms with Crippen LogP contribution in [0.15, 0.2) is 0 Å². The lowest BCUT2D eigenvalue weighted by Gasteiger charge is -2.21. The summed E-state index contributed by atoms with van der Waals surface area (Å²) in [7, 11) is 3.22. The molecule has 2 amide bonds. The van der Waals surface area contributed by atoms with Crippen LogP contribution in [-0.2, 0) is 9.47 Å². The highest BCUT2D eigenvalue weighted by Gasteiger charge is 2.10. The summed E-state index contributed by atoms with van der Waals surface area (Å²) in [5.74, 6) is 5.04. The molecule has 0 aromatic carbocycles. The molecule has 0 radical (unpaired) electrons. The summed E-state index contributed by atoms with van der Waals surface area (Å²) < 4.78 is 9.77. The predicted octanol–water partition coefficient (Wildman–Crippen LogP) is -0.445. The van der Waals surface area contributed by atoms with Crippen LogP contribution in [0.1, 0.15) is 6.42 Å². The first-order chi connectivity index (χ1) is 6.76. The lowest BCUT2D eigenvalue weighted by Crippen LogP contribution is -2.45. The largest absolute Gasteiger partial charge is 0.385 e. The van der Waals surface area contributed by atoms with Crippen LogP contribution < -0.4 is 11.3 Å². The maximum atomic E-state index is 11.2. The summed E-state index contributed by atoms with van der Waals surface area (Å²) in [6.07, 6.45) is 0.785. The third-order valence-electron chi connectivity index (χ3n) is 1.75. The summed E-state index contributed by atoms with van der Waals surface area (Å²) in [6, 6.07) is -0.293. The highest BCUT2D eigenvalue weighted by molar-refractivity contribution is 5.73. The van der Waals surface area contributed by atoms with Crippen molar-refractivity contribution < 1.29 is 14.3 Å². The molecule has 0 rings (SSSR count). The molecule has 14 heavy (non-hydrogen) atoms. The molecular formula is C8H19N3O3. The van der Waals surface area contributed by atoms with Crippen LogP contribution in [0.25, 0.3) is 0 Å². The fourth-order valence-electron chi connectivity index (χ4n) is 1.01. The van der Waals surface area contributed by atoms with Gasteiger partial charge in [0.05, 0.1) is 6.61 Å². The fourth-order valence-corrected chi connectivity index (χ4v) is 1.01. The van der Waals surface area contributed by atoms with Crippen molar-refractivity contribution in [1.82, 2.24) is 10.3 Å². The van der Waals surface area contributed by atoms with Crippen molar-refractivity contribution in [3.63, 3.8) is 0 Å². The Labute approximate surface area is 84.3 Å².